The summed E-state index contributed by atoms with van der Waals surface area (Å²) in [6.45, 7) is 0. The molecule has 9 heteroatoms. The van der Waals surface area contributed by atoms with Gasteiger partial charge in [0.25, 0.3) is 0 Å². The van der Waals surface area contributed by atoms with Gasteiger partial charge in [0.05, 0.1) is 0 Å². The first-order chi connectivity index (χ1) is 6.20. The van der Waals surface area contributed by atoms with E-state index in [0.717, 1.165) is 0 Å². The molecule has 0 aliphatic rings. The van der Waals surface area contributed by atoms with Gasteiger partial charge in [0.1, 0.15) is 0 Å². The zero-order valence-corrected chi connectivity index (χ0v) is 13.2. The van der Waals surface area contributed by atoms with Crippen LogP contribution in [0.1, 0.15) is 0 Å². The van der Waals surface area contributed by atoms with Crippen LogP contribution in [0, 0.1) is 0 Å². The van der Waals surface area contributed by atoms with Crippen molar-refractivity contribution in [2.75, 3.05) is 28.2 Å². The van der Waals surface area contributed by atoms with Gasteiger partial charge in [0.2, 0.25) is 0 Å². The van der Waals surface area contributed by atoms with E-state index in [9.17, 15) is 8.76 Å². The van der Waals surface area contributed by atoms with E-state index in [0.29, 0.717) is 4.32 Å². The minimum atomic E-state index is -2.23. The fraction of sp³-hybridized carbons (Fsp3) is 0.667. The van der Waals surface area contributed by atoms with Crippen molar-refractivity contribution in [3.63, 3.8) is 0 Å². The second-order valence-electron chi connectivity index (χ2n) is 2.56. The Balaban J connectivity index is -0.000000187. The Morgan fingerprint density at radius 3 is 1.47 bits per heavy atom. The standard InChI is InChI=1S/C3H7NO2S2.C3H7NS2.Mn/c1-4(2)3(7)8(5)6;1-4(2)3(5)6;/h1-2H3,(H,5,6);1-2H3,(H,5,6);/q;;+2/p-2. The van der Waals surface area contributed by atoms with E-state index in [1.54, 1.807) is 19.0 Å². The SMILES string of the molecule is CN(C)C(=S)S(=O)[O-].CN(C)C(=S)[S-].[Mn+2]. The zero-order chi connectivity index (χ0) is 11.9. The summed E-state index contributed by atoms with van der Waals surface area (Å²) < 4.78 is 20.4. The van der Waals surface area contributed by atoms with Gasteiger partial charge < -0.3 is 39.2 Å². The molecule has 1 atom stereocenters. The summed E-state index contributed by atoms with van der Waals surface area (Å²) in [6.07, 6.45) is 0. The Hall–Kier alpha value is 0.629. The van der Waals surface area contributed by atoms with Crippen LogP contribution in [0.2, 0.25) is 0 Å². The molecule has 0 amide bonds. The monoisotopic (exact) mass is 327 g/mol. The number of hydrogen-bond acceptors (Lipinski definition) is 5. The molecular formula is C6H12MnN2O2S4. The average Bonchev–Trinajstić information content (AvgIpc) is 2.03. The summed E-state index contributed by atoms with van der Waals surface area (Å²) in [7, 11) is 6.82. The van der Waals surface area contributed by atoms with Crippen LogP contribution < -0.4 is 0 Å². The molecule has 0 aromatic rings. The molecule has 0 aliphatic carbocycles. The van der Waals surface area contributed by atoms with Crippen molar-refractivity contribution >= 4 is 56.8 Å². The van der Waals surface area contributed by atoms with Gasteiger partial charge >= 0.3 is 17.1 Å². The van der Waals surface area contributed by atoms with Crippen molar-refractivity contribution in [3.05, 3.63) is 0 Å². The molecule has 0 aromatic heterocycles. The number of rotatable bonds is 0. The van der Waals surface area contributed by atoms with E-state index in [4.69, 9.17) is 0 Å². The molecule has 0 rings (SSSR count). The summed E-state index contributed by atoms with van der Waals surface area (Å²) in [4.78, 5) is 3.07. The molecule has 0 saturated carbocycles. The first kappa shape index (κ1) is 21.0. The molecule has 0 saturated heterocycles. The summed E-state index contributed by atoms with van der Waals surface area (Å²) in [5.74, 6) is 0. The van der Waals surface area contributed by atoms with Crippen molar-refractivity contribution in [1.82, 2.24) is 9.80 Å². The average molecular weight is 327 g/mol. The van der Waals surface area contributed by atoms with Crippen LogP contribution in [-0.2, 0) is 40.8 Å². The third-order valence-corrected chi connectivity index (χ3v) is 3.03. The van der Waals surface area contributed by atoms with E-state index in [1.807, 2.05) is 14.1 Å². The van der Waals surface area contributed by atoms with Crippen LogP contribution in [0.15, 0.2) is 0 Å². The molecular weight excluding hydrogens is 315 g/mol. The van der Waals surface area contributed by atoms with E-state index in [-0.39, 0.29) is 21.4 Å². The molecule has 4 nitrogen and oxygen atoms in total. The van der Waals surface area contributed by atoms with Crippen LogP contribution in [0.25, 0.3) is 0 Å². The van der Waals surface area contributed by atoms with Crippen LogP contribution in [-0.4, -0.2) is 55.4 Å². The van der Waals surface area contributed by atoms with Gasteiger partial charge in [-0.05, 0) is 0 Å². The van der Waals surface area contributed by atoms with E-state index >= 15 is 0 Å². The minimum Gasteiger partial charge on any atom is -0.767 e. The predicted molar refractivity (Wildman–Crippen MR) is 68.9 cm³/mol. The van der Waals surface area contributed by atoms with Crippen LogP contribution in [0.3, 0.4) is 0 Å². The quantitative estimate of drug-likeness (QED) is 0.270. The van der Waals surface area contributed by atoms with E-state index < -0.39 is 11.1 Å². The molecule has 0 spiro atoms. The van der Waals surface area contributed by atoms with Crippen molar-refractivity contribution in [1.29, 1.82) is 0 Å². The molecule has 1 unspecified atom stereocenters. The van der Waals surface area contributed by atoms with Gasteiger partial charge in [0.15, 0.2) is 4.32 Å². The summed E-state index contributed by atoms with van der Waals surface area (Å²) in [5, 5.41) is 0. The molecule has 15 heavy (non-hydrogen) atoms. The maximum atomic E-state index is 9.96. The number of thiocarbonyl (C=S) groups is 2. The molecule has 0 bridgehead atoms. The Kier molecular flexibility index (Phi) is 15.6. The first-order valence-corrected chi connectivity index (χ1v) is 5.69. The Labute approximate surface area is 120 Å². The smallest absolute Gasteiger partial charge is 0.767 e. The first-order valence-electron chi connectivity index (χ1n) is 3.39. The molecule has 0 heterocycles. The topological polar surface area (TPSA) is 46.6 Å². The van der Waals surface area contributed by atoms with Crippen molar-refractivity contribution in [2.45, 2.75) is 0 Å². The van der Waals surface area contributed by atoms with Crippen LogP contribution in [0.5, 0.6) is 0 Å². The van der Waals surface area contributed by atoms with E-state index in [1.165, 1.54) is 4.90 Å². The minimum absolute atomic E-state index is 0. The van der Waals surface area contributed by atoms with Crippen molar-refractivity contribution < 1.29 is 25.8 Å². The normalized spacial score (nSPS) is 9.93. The van der Waals surface area contributed by atoms with Gasteiger partial charge in [0, 0.05) is 39.3 Å². The second kappa shape index (κ2) is 11.1. The second-order valence-corrected chi connectivity index (χ2v) is 5.09. The summed E-state index contributed by atoms with van der Waals surface area (Å²) in [5.41, 5.74) is 0. The van der Waals surface area contributed by atoms with Crippen molar-refractivity contribution in [3.8, 4) is 0 Å². The molecule has 0 aliphatic heterocycles. The van der Waals surface area contributed by atoms with Gasteiger partial charge in [-0.1, -0.05) is 16.5 Å². The Morgan fingerprint density at radius 2 is 1.47 bits per heavy atom. The zero-order valence-electron chi connectivity index (χ0n) is 8.72. The third-order valence-electron chi connectivity index (χ3n) is 0.873. The summed E-state index contributed by atoms with van der Waals surface area (Å²) in [6, 6.07) is 0. The molecule has 89 valence electrons. The maximum absolute atomic E-state index is 9.96. The third kappa shape index (κ3) is 14.6. The van der Waals surface area contributed by atoms with Crippen LogP contribution >= 0.6 is 24.4 Å². The van der Waals surface area contributed by atoms with E-state index in [2.05, 4.69) is 37.1 Å². The van der Waals surface area contributed by atoms with Gasteiger partial charge in [-0.15, -0.1) is 0 Å². The summed E-state index contributed by atoms with van der Waals surface area (Å²) >= 11 is 11.3. The van der Waals surface area contributed by atoms with Gasteiger partial charge in [-0.3, -0.25) is 4.21 Å². The largest absolute Gasteiger partial charge is 2.00 e. The maximum Gasteiger partial charge on any atom is 2.00 e. The molecule has 0 fully saturated rings. The Bertz CT molecular complexity index is 235. The molecule has 0 aromatic carbocycles. The fourth-order valence-corrected chi connectivity index (χ4v) is 0.447. The Morgan fingerprint density at radius 1 is 1.20 bits per heavy atom. The molecule has 0 N–H and O–H groups in total. The van der Waals surface area contributed by atoms with Gasteiger partial charge in [-0.2, -0.15) is 0 Å². The van der Waals surface area contributed by atoms with Crippen molar-refractivity contribution in [2.24, 2.45) is 0 Å². The number of nitrogens with zero attached hydrogens (tertiary/aromatic N) is 2. The van der Waals surface area contributed by atoms with Crippen LogP contribution in [0.4, 0.5) is 0 Å². The van der Waals surface area contributed by atoms with Gasteiger partial charge in [-0.25, -0.2) is 0 Å². The number of hydrogen-bond donors (Lipinski definition) is 0. The predicted octanol–water partition coefficient (Wildman–Crippen LogP) is 0.0893. The molecule has 1 radical (unpaired) electrons. The fourth-order valence-electron chi connectivity index (χ4n) is 0.149.